The first-order valence-corrected chi connectivity index (χ1v) is 2.71. The average molecular weight is 122 g/mol. The second-order valence-corrected chi connectivity index (χ2v) is 1.80. The fourth-order valence-electron chi connectivity index (χ4n) is 0.592. The molecule has 0 saturated heterocycles. The van der Waals surface area contributed by atoms with Crippen LogP contribution in [0, 0.1) is 13.1 Å². The first kappa shape index (κ1) is 6.08. The van der Waals surface area contributed by atoms with E-state index >= 15 is 0 Å². The van der Waals surface area contributed by atoms with E-state index in [1.807, 2.05) is 13.0 Å². The Kier molecular flexibility index (Phi) is 1.68. The van der Waals surface area contributed by atoms with E-state index in [4.69, 9.17) is 4.74 Å². The van der Waals surface area contributed by atoms with Crippen LogP contribution >= 0.6 is 0 Å². The monoisotopic (exact) mass is 122 g/mol. The Hall–Kier alpha value is -1.05. The Morgan fingerprint density at radius 3 is 2.89 bits per heavy atom. The van der Waals surface area contributed by atoms with Crippen molar-refractivity contribution in [1.29, 1.82) is 0 Å². The molecule has 0 fully saturated rings. The van der Waals surface area contributed by atoms with Crippen molar-refractivity contribution < 1.29 is 4.74 Å². The lowest BCUT2D eigenvalue weighted by molar-refractivity contribution is 0.412. The fraction of sp³-hybridized carbons (Fsp3) is 0.286. The highest BCUT2D eigenvalue weighted by atomic mass is 16.5. The minimum absolute atomic E-state index is 0.784. The second-order valence-electron chi connectivity index (χ2n) is 1.80. The molecule has 2 heteroatoms. The van der Waals surface area contributed by atoms with Gasteiger partial charge in [0.1, 0.15) is 5.75 Å². The number of methoxy groups -OCH3 is 1. The van der Waals surface area contributed by atoms with Crippen LogP contribution < -0.4 is 4.74 Å². The summed E-state index contributed by atoms with van der Waals surface area (Å²) in [5.74, 6) is 0.784. The molecule has 1 aromatic heterocycles. The molecule has 0 spiro atoms. The van der Waals surface area contributed by atoms with E-state index in [1.165, 1.54) is 0 Å². The largest absolute Gasteiger partial charge is 0.495 e. The van der Waals surface area contributed by atoms with Gasteiger partial charge in [-0.05, 0) is 18.6 Å². The molecule has 9 heavy (non-hydrogen) atoms. The number of pyridine rings is 1. The highest BCUT2D eigenvalue weighted by Crippen LogP contribution is 2.07. The van der Waals surface area contributed by atoms with Gasteiger partial charge in [-0.3, -0.25) is 4.98 Å². The first-order chi connectivity index (χ1) is 4.33. The summed E-state index contributed by atoms with van der Waals surface area (Å²) < 4.78 is 4.91. The molecule has 0 aliphatic carbocycles. The zero-order valence-corrected chi connectivity index (χ0v) is 5.51. The lowest BCUT2D eigenvalue weighted by Crippen LogP contribution is -1.84. The topological polar surface area (TPSA) is 22.1 Å². The lowest BCUT2D eigenvalue weighted by Gasteiger charge is -1.96. The minimum atomic E-state index is 0.784. The molecule has 1 aromatic rings. The molecule has 1 rings (SSSR count). The van der Waals surface area contributed by atoms with Crippen LogP contribution in [0.2, 0.25) is 0 Å². The number of aryl methyl sites for hydroxylation is 1. The molecule has 2 nitrogen and oxygen atoms in total. The van der Waals surface area contributed by atoms with Crippen molar-refractivity contribution >= 4 is 0 Å². The van der Waals surface area contributed by atoms with Gasteiger partial charge in [0.2, 0.25) is 0 Å². The predicted octanol–water partition coefficient (Wildman–Crippen LogP) is 1.20. The Bertz CT molecular complexity index is 198. The number of hydrogen-bond donors (Lipinski definition) is 0. The summed E-state index contributed by atoms with van der Waals surface area (Å²) in [6.07, 6.45) is 4.41. The van der Waals surface area contributed by atoms with Crippen molar-refractivity contribution in [3.63, 3.8) is 0 Å². The molecule has 0 bridgehead atoms. The summed E-state index contributed by atoms with van der Waals surface area (Å²) in [6.45, 7) is 1.93. The van der Waals surface area contributed by atoms with E-state index in [0.29, 0.717) is 0 Å². The Morgan fingerprint density at radius 1 is 1.67 bits per heavy atom. The Labute approximate surface area is 54.5 Å². The standard InChI is InChI=1S/C7H8NO/c1-6-3-7(9-2)5-8-4-6/h3,5H,1-2H3. The highest BCUT2D eigenvalue weighted by molar-refractivity contribution is 5.21. The van der Waals surface area contributed by atoms with Gasteiger partial charge in [0.15, 0.2) is 0 Å². The van der Waals surface area contributed by atoms with Crippen LogP contribution in [0.3, 0.4) is 0 Å². The minimum Gasteiger partial charge on any atom is -0.495 e. The van der Waals surface area contributed by atoms with Crippen molar-refractivity contribution in [2.45, 2.75) is 6.92 Å². The molecule has 0 unspecified atom stereocenters. The molecule has 1 radical (unpaired) electrons. The lowest BCUT2D eigenvalue weighted by atomic mass is 10.3. The van der Waals surface area contributed by atoms with Gasteiger partial charge in [0, 0.05) is 0 Å². The number of hydrogen-bond acceptors (Lipinski definition) is 2. The number of rotatable bonds is 1. The van der Waals surface area contributed by atoms with Crippen LogP contribution in [0.5, 0.6) is 5.75 Å². The van der Waals surface area contributed by atoms with Crippen LogP contribution in [0.1, 0.15) is 5.56 Å². The van der Waals surface area contributed by atoms with E-state index in [2.05, 4.69) is 11.2 Å². The number of nitrogens with zero attached hydrogens (tertiary/aromatic N) is 1. The van der Waals surface area contributed by atoms with Crippen molar-refractivity contribution in [1.82, 2.24) is 4.98 Å². The van der Waals surface area contributed by atoms with Crippen LogP contribution in [-0.2, 0) is 0 Å². The molecule has 0 aromatic carbocycles. The normalized spacial score (nSPS) is 9.11. The van der Waals surface area contributed by atoms with Crippen LogP contribution in [-0.4, -0.2) is 12.1 Å². The predicted molar refractivity (Wildman–Crippen MR) is 34.4 cm³/mol. The van der Waals surface area contributed by atoms with E-state index < -0.39 is 0 Å². The maximum absolute atomic E-state index is 4.91. The van der Waals surface area contributed by atoms with Gasteiger partial charge in [-0.15, -0.1) is 0 Å². The molecule has 0 atom stereocenters. The average Bonchev–Trinajstić information content (AvgIpc) is 1.88. The summed E-state index contributed by atoms with van der Waals surface area (Å²) in [6, 6.07) is 1.88. The summed E-state index contributed by atoms with van der Waals surface area (Å²) >= 11 is 0. The van der Waals surface area contributed by atoms with Crippen LogP contribution in [0.4, 0.5) is 0 Å². The van der Waals surface area contributed by atoms with Gasteiger partial charge in [-0.1, -0.05) is 0 Å². The maximum atomic E-state index is 4.91. The fourth-order valence-corrected chi connectivity index (χ4v) is 0.592. The van der Waals surface area contributed by atoms with E-state index in [-0.39, 0.29) is 0 Å². The van der Waals surface area contributed by atoms with E-state index in [1.54, 1.807) is 13.3 Å². The Morgan fingerprint density at radius 2 is 2.44 bits per heavy atom. The molecule has 1 heterocycles. The van der Waals surface area contributed by atoms with Crippen molar-refractivity contribution in [3.8, 4) is 5.75 Å². The molecule has 0 N–H and O–H groups in total. The zero-order valence-electron chi connectivity index (χ0n) is 5.51. The zero-order chi connectivity index (χ0) is 6.69. The smallest absolute Gasteiger partial charge is 0.137 e. The van der Waals surface area contributed by atoms with Gasteiger partial charge in [-0.2, -0.15) is 0 Å². The highest BCUT2D eigenvalue weighted by Gasteiger charge is 1.88. The number of aromatic nitrogens is 1. The van der Waals surface area contributed by atoms with Gasteiger partial charge in [-0.25, -0.2) is 0 Å². The van der Waals surface area contributed by atoms with Crippen molar-refractivity contribution in [2.75, 3.05) is 7.11 Å². The third-order valence-corrected chi connectivity index (χ3v) is 1.03. The van der Waals surface area contributed by atoms with Gasteiger partial charge in [0.05, 0.1) is 19.5 Å². The van der Waals surface area contributed by atoms with Gasteiger partial charge >= 0.3 is 0 Å². The summed E-state index contributed by atoms with van der Waals surface area (Å²) in [5.41, 5.74) is 0.995. The molecule has 47 valence electrons. The van der Waals surface area contributed by atoms with Crippen LogP contribution in [0.25, 0.3) is 0 Å². The molecule has 0 aliphatic heterocycles. The number of ether oxygens (including phenoxy) is 1. The quantitative estimate of drug-likeness (QED) is 0.558. The van der Waals surface area contributed by atoms with Crippen molar-refractivity contribution in [2.24, 2.45) is 0 Å². The van der Waals surface area contributed by atoms with Crippen molar-refractivity contribution in [3.05, 3.63) is 24.0 Å². The van der Waals surface area contributed by atoms with Crippen LogP contribution in [0.15, 0.2) is 12.3 Å². The molecule has 0 saturated carbocycles. The third kappa shape index (κ3) is 1.42. The molecule has 0 aliphatic rings. The summed E-state index contributed by atoms with van der Waals surface area (Å²) in [7, 11) is 1.62. The molecular weight excluding hydrogens is 114 g/mol. The van der Waals surface area contributed by atoms with E-state index in [0.717, 1.165) is 11.3 Å². The SMILES string of the molecule is COc1cn[c]c(C)c1. The second kappa shape index (κ2) is 2.49. The third-order valence-electron chi connectivity index (χ3n) is 1.03. The first-order valence-electron chi connectivity index (χ1n) is 2.71. The summed E-state index contributed by atoms with van der Waals surface area (Å²) in [4.78, 5) is 3.81. The summed E-state index contributed by atoms with van der Waals surface area (Å²) in [5, 5.41) is 0. The van der Waals surface area contributed by atoms with Gasteiger partial charge in [0.25, 0.3) is 0 Å². The maximum Gasteiger partial charge on any atom is 0.137 e. The Balaban J connectivity index is 2.94. The molecular formula is C7H8NO. The van der Waals surface area contributed by atoms with E-state index in [9.17, 15) is 0 Å². The van der Waals surface area contributed by atoms with Gasteiger partial charge < -0.3 is 4.74 Å². The molecule has 0 amide bonds.